The van der Waals surface area contributed by atoms with Crippen molar-refractivity contribution in [2.24, 2.45) is 5.92 Å². The number of nitrogens with one attached hydrogen (secondary N) is 1. The third-order valence-corrected chi connectivity index (χ3v) is 3.98. The SMILES string of the molecule is COCCCC(=O)N1CCC(NCC2CC2)CC1. The smallest absolute Gasteiger partial charge is 0.222 e. The minimum atomic E-state index is 0.299. The first kappa shape index (κ1) is 13.8. The summed E-state index contributed by atoms with van der Waals surface area (Å²) < 4.78 is 4.98. The van der Waals surface area contributed by atoms with Crippen molar-refractivity contribution in [2.45, 2.75) is 44.6 Å². The Morgan fingerprint density at radius 3 is 2.61 bits per heavy atom. The summed E-state index contributed by atoms with van der Waals surface area (Å²) in [6, 6.07) is 0.633. The molecule has 1 amide bonds. The summed E-state index contributed by atoms with van der Waals surface area (Å²) in [6.07, 6.45) is 6.52. The molecule has 0 radical (unpaired) electrons. The third-order valence-electron chi connectivity index (χ3n) is 3.98. The highest BCUT2D eigenvalue weighted by atomic mass is 16.5. The summed E-state index contributed by atoms with van der Waals surface area (Å²) >= 11 is 0. The maximum Gasteiger partial charge on any atom is 0.222 e. The van der Waals surface area contributed by atoms with Crippen molar-refractivity contribution < 1.29 is 9.53 Å². The summed E-state index contributed by atoms with van der Waals surface area (Å²) in [5.41, 5.74) is 0. The zero-order chi connectivity index (χ0) is 12.8. The zero-order valence-corrected chi connectivity index (χ0v) is 11.5. The molecule has 1 N–H and O–H groups in total. The van der Waals surface area contributed by atoms with Gasteiger partial charge in [-0.25, -0.2) is 0 Å². The molecule has 2 aliphatic rings. The van der Waals surface area contributed by atoms with Crippen molar-refractivity contribution in [1.82, 2.24) is 10.2 Å². The van der Waals surface area contributed by atoms with E-state index in [1.807, 2.05) is 4.90 Å². The highest BCUT2D eigenvalue weighted by Gasteiger charge is 2.25. The van der Waals surface area contributed by atoms with Gasteiger partial charge in [0.1, 0.15) is 0 Å². The van der Waals surface area contributed by atoms with Gasteiger partial charge in [0, 0.05) is 39.3 Å². The molecule has 18 heavy (non-hydrogen) atoms. The molecule has 4 nitrogen and oxygen atoms in total. The second-order valence-electron chi connectivity index (χ2n) is 5.60. The lowest BCUT2D eigenvalue weighted by Gasteiger charge is -2.32. The second kappa shape index (κ2) is 7.10. The average Bonchev–Trinajstić information content (AvgIpc) is 3.21. The van der Waals surface area contributed by atoms with Crippen LogP contribution in [-0.4, -0.2) is 50.2 Å². The molecule has 0 aromatic rings. The van der Waals surface area contributed by atoms with Gasteiger partial charge in [0.15, 0.2) is 0 Å². The number of likely N-dealkylation sites (tertiary alicyclic amines) is 1. The highest BCUT2D eigenvalue weighted by molar-refractivity contribution is 5.76. The molecule has 0 atom stereocenters. The summed E-state index contributed by atoms with van der Waals surface area (Å²) in [7, 11) is 1.68. The van der Waals surface area contributed by atoms with Crippen LogP contribution in [0.4, 0.5) is 0 Å². The van der Waals surface area contributed by atoms with Gasteiger partial charge in [0.05, 0.1) is 0 Å². The van der Waals surface area contributed by atoms with Gasteiger partial charge in [0.25, 0.3) is 0 Å². The van der Waals surface area contributed by atoms with Crippen LogP contribution in [0.2, 0.25) is 0 Å². The highest BCUT2D eigenvalue weighted by Crippen LogP contribution is 2.28. The Morgan fingerprint density at radius 1 is 1.28 bits per heavy atom. The van der Waals surface area contributed by atoms with E-state index < -0.39 is 0 Å². The topological polar surface area (TPSA) is 41.6 Å². The molecule has 104 valence electrons. The third kappa shape index (κ3) is 4.58. The Morgan fingerprint density at radius 2 is 2.00 bits per heavy atom. The lowest BCUT2D eigenvalue weighted by molar-refractivity contribution is -0.132. The van der Waals surface area contributed by atoms with E-state index in [-0.39, 0.29) is 0 Å². The molecule has 0 aromatic heterocycles. The number of hydrogen-bond acceptors (Lipinski definition) is 3. The Bertz CT molecular complexity index is 259. The van der Waals surface area contributed by atoms with Gasteiger partial charge in [-0.1, -0.05) is 0 Å². The first-order valence-corrected chi connectivity index (χ1v) is 7.29. The van der Waals surface area contributed by atoms with Crippen LogP contribution in [0.15, 0.2) is 0 Å². The van der Waals surface area contributed by atoms with Gasteiger partial charge in [-0.05, 0) is 44.6 Å². The van der Waals surface area contributed by atoms with Crippen LogP contribution in [0.5, 0.6) is 0 Å². The van der Waals surface area contributed by atoms with E-state index >= 15 is 0 Å². The molecule has 0 spiro atoms. The maximum absolute atomic E-state index is 11.9. The fraction of sp³-hybridized carbons (Fsp3) is 0.929. The number of nitrogens with zero attached hydrogens (tertiary/aromatic N) is 1. The molecule has 0 bridgehead atoms. The fourth-order valence-corrected chi connectivity index (χ4v) is 2.51. The average molecular weight is 254 g/mol. The number of rotatable bonds is 7. The molecule has 2 fully saturated rings. The van der Waals surface area contributed by atoms with Crippen LogP contribution in [-0.2, 0) is 9.53 Å². The molecular weight excluding hydrogens is 228 g/mol. The van der Waals surface area contributed by atoms with Crippen molar-refractivity contribution in [3.63, 3.8) is 0 Å². The van der Waals surface area contributed by atoms with Crippen molar-refractivity contribution in [2.75, 3.05) is 33.4 Å². The molecule has 1 saturated heterocycles. The predicted octanol–water partition coefficient (Wildman–Crippen LogP) is 1.40. The second-order valence-corrected chi connectivity index (χ2v) is 5.60. The fourth-order valence-electron chi connectivity index (χ4n) is 2.51. The number of piperidine rings is 1. The van der Waals surface area contributed by atoms with Gasteiger partial charge >= 0.3 is 0 Å². The molecule has 1 aliphatic carbocycles. The standard InChI is InChI=1S/C14H26N2O2/c1-18-10-2-3-14(17)16-8-6-13(7-9-16)15-11-12-4-5-12/h12-13,15H,2-11H2,1H3. The summed E-state index contributed by atoms with van der Waals surface area (Å²) in [5, 5.41) is 3.64. The van der Waals surface area contributed by atoms with E-state index in [1.165, 1.54) is 19.4 Å². The minimum absolute atomic E-state index is 0.299. The lowest BCUT2D eigenvalue weighted by Crippen LogP contribution is -2.45. The monoisotopic (exact) mass is 254 g/mol. The molecular formula is C14H26N2O2. The Balaban J connectivity index is 1.58. The lowest BCUT2D eigenvalue weighted by atomic mass is 10.0. The van der Waals surface area contributed by atoms with Crippen LogP contribution < -0.4 is 5.32 Å². The van der Waals surface area contributed by atoms with E-state index in [1.54, 1.807) is 7.11 Å². The van der Waals surface area contributed by atoms with Crippen molar-refractivity contribution >= 4 is 5.91 Å². The summed E-state index contributed by atoms with van der Waals surface area (Å²) in [6.45, 7) is 3.72. The molecule has 1 aliphatic heterocycles. The van der Waals surface area contributed by atoms with Gasteiger partial charge in [0.2, 0.25) is 5.91 Å². The Kier molecular flexibility index (Phi) is 5.45. The summed E-state index contributed by atoms with van der Waals surface area (Å²) in [4.78, 5) is 13.9. The largest absolute Gasteiger partial charge is 0.385 e. The summed E-state index contributed by atoms with van der Waals surface area (Å²) in [5.74, 6) is 1.24. The zero-order valence-electron chi connectivity index (χ0n) is 11.5. The first-order valence-electron chi connectivity index (χ1n) is 7.29. The number of carbonyl (C=O) groups excluding carboxylic acids is 1. The Hall–Kier alpha value is -0.610. The molecule has 0 aromatic carbocycles. The van der Waals surface area contributed by atoms with Crippen molar-refractivity contribution in [3.05, 3.63) is 0 Å². The molecule has 2 rings (SSSR count). The van der Waals surface area contributed by atoms with Gasteiger partial charge in [-0.2, -0.15) is 0 Å². The maximum atomic E-state index is 11.9. The number of methoxy groups -OCH3 is 1. The van der Waals surface area contributed by atoms with Gasteiger partial charge in [-0.3, -0.25) is 4.79 Å². The van der Waals surface area contributed by atoms with E-state index in [0.29, 0.717) is 25.0 Å². The Labute approximate surface area is 110 Å². The van der Waals surface area contributed by atoms with Crippen LogP contribution in [0.1, 0.15) is 38.5 Å². The van der Waals surface area contributed by atoms with Crippen LogP contribution in [0.25, 0.3) is 0 Å². The van der Waals surface area contributed by atoms with E-state index in [9.17, 15) is 4.79 Å². The number of hydrogen-bond donors (Lipinski definition) is 1. The van der Waals surface area contributed by atoms with Crippen LogP contribution in [0, 0.1) is 5.92 Å². The number of ether oxygens (including phenoxy) is 1. The number of amides is 1. The van der Waals surface area contributed by atoms with E-state index in [4.69, 9.17) is 4.74 Å². The van der Waals surface area contributed by atoms with Crippen molar-refractivity contribution in [3.8, 4) is 0 Å². The molecule has 1 heterocycles. The minimum Gasteiger partial charge on any atom is -0.385 e. The molecule has 1 saturated carbocycles. The van der Waals surface area contributed by atoms with Crippen molar-refractivity contribution in [1.29, 1.82) is 0 Å². The first-order chi connectivity index (χ1) is 8.79. The van der Waals surface area contributed by atoms with E-state index in [2.05, 4.69) is 5.32 Å². The molecule has 0 unspecified atom stereocenters. The van der Waals surface area contributed by atoms with Crippen LogP contribution >= 0.6 is 0 Å². The van der Waals surface area contributed by atoms with Crippen LogP contribution in [0.3, 0.4) is 0 Å². The normalized spacial score (nSPS) is 21.3. The predicted molar refractivity (Wildman–Crippen MR) is 71.4 cm³/mol. The van der Waals surface area contributed by atoms with E-state index in [0.717, 1.165) is 38.3 Å². The van der Waals surface area contributed by atoms with Gasteiger partial charge < -0.3 is 15.0 Å². The molecule has 4 heteroatoms. The number of carbonyl (C=O) groups is 1. The quantitative estimate of drug-likeness (QED) is 0.698. The van der Waals surface area contributed by atoms with Gasteiger partial charge in [-0.15, -0.1) is 0 Å².